The summed E-state index contributed by atoms with van der Waals surface area (Å²) in [7, 11) is 1.79. The number of hydrogen-bond acceptors (Lipinski definition) is 2. The second-order valence-electron chi connectivity index (χ2n) is 4.56. The second kappa shape index (κ2) is 3.41. The second-order valence-corrected chi connectivity index (χ2v) is 4.56. The molecular formula is C11H18O2. The Kier molecular flexibility index (Phi) is 2.41. The van der Waals surface area contributed by atoms with Crippen molar-refractivity contribution in [2.24, 2.45) is 11.3 Å². The van der Waals surface area contributed by atoms with E-state index in [0.717, 1.165) is 25.7 Å². The van der Waals surface area contributed by atoms with Gasteiger partial charge >= 0.3 is 0 Å². The predicted octanol–water partition coefficient (Wildman–Crippen LogP) is 2.17. The third-order valence-corrected chi connectivity index (χ3v) is 3.88. The molecule has 13 heavy (non-hydrogen) atoms. The first-order valence-electron chi connectivity index (χ1n) is 5.30. The summed E-state index contributed by atoms with van der Waals surface area (Å²) >= 11 is 0. The SMILES string of the molecule is COC1CCC(C2(C=O)CC2)CC1. The molecule has 0 aromatic carbocycles. The molecule has 0 amide bonds. The quantitative estimate of drug-likeness (QED) is 0.625. The van der Waals surface area contributed by atoms with E-state index in [4.69, 9.17) is 4.74 Å². The van der Waals surface area contributed by atoms with Crippen molar-refractivity contribution in [3.63, 3.8) is 0 Å². The van der Waals surface area contributed by atoms with Gasteiger partial charge in [0.05, 0.1) is 6.10 Å². The molecule has 0 bridgehead atoms. The number of ether oxygens (including phenoxy) is 1. The zero-order valence-electron chi connectivity index (χ0n) is 8.29. The Balaban J connectivity index is 1.87. The number of carbonyl (C=O) groups excluding carboxylic acids is 1. The highest BCUT2D eigenvalue weighted by molar-refractivity contribution is 5.64. The largest absolute Gasteiger partial charge is 0.381 e. The molecule has 0 unspecified atom stereocenters. The van der Waals surface area contributed by atoms with Crippen LogP contribution in [-0.2, 0) is 9.53 Å². The summed E-state index contributed by atoms with van der Waals surface area (Å²) in [5.74, 6) is 0.663. The van der Waals surface area contributed by atoms with Crippen LogP contribution in [0, 0.1) is 11.3 Å². The van der Waals surface area contributed by atoms with E-state index in [1.54, 1.807) is 7.11 Å². The summed E-state index contributed by atoms with van der Waals surface area (Å²) in [6.45, 7) is 0. The lowest BCUT2D eigenvalue weighted by Crippen LogP contribution is -2.27. The maximum absolute atomic E-state index is 10.9. The van der Waals surface area contributed by atoms with Crippen LogP contribution in [0.1, 0.15) is 38.5 Å². The van der Waals surface area contributed by atoms with E-state index >= 15 is 0 Å². The summed E-state index contributed by atoms with van der Waals surface area (Å²) in [5.41, 5.74) is 0.110. The highest BCUT2D eigenvalue weighted by Gasteiger charge is 2.49. The van der Waals surface area contributed by atoms with E-state index in [9.17, 15) is 4.79 Å². The van der Waals surface area contributed by atoms with E-state index in [2.05, 4.69) is 0 Å². The van der Waals surface area contributed by atoms with Crippen molar-refractivity contribution in [2.75, 3.05) is 7.11 Å². The molecule has 0 atom stereocenters. The Hall–Kier alpha value is -0.370. The van der Waals surface area contributed by atoms with Gasteiger partial charge in [0, 0.05) is 12.5 Å². The van der Waals surface area contributed by atoms with Crippen molar-refractivity contribution < 1.29 is 9.53 Å². The van der Waals surface area contributed by atoms with Crippen LogP contribution in [0.3, 0.4) is 0 Å². The summed E-state index contributed by atoms with van der Waals surface area (Å²) in [5, 5.41) is 0. The zero-order valence-corrected chi connectivity index (χ0v) is 8.29. The molecule has 0 spiro atoms. The van der Waals surface area contributed by atoms with Crippen molar-refractivity contribution in [3.05, 3.63) is 0 Å². The molecule has 0 aromatic rings. The lowest BCUT2D eigenvalue weighted by Gasteiger charge is -2.30. The number of aldehydes is 1. The van der Waals surface area contributed by atoms with Crippen LogP contribution >= 0.6 is 0 Å². The van der Waals surface area contributed by atoms with E-state index in [1.165, 1.54) is 19.1 Å². The van der Waals surface area contributed by atoms with Gasteiger partial charge in [-0.15, -0.1) is 0 Å². The zero-order chi connectivity index (χ0) is 9.31. The van der Waals surface area contributed by atoms with Crippen LogP contribution in [0.25, 0.3) is 0 Å². The predicted molar refractivity (Wildman–Crippen MR) is 50.5 cm³/mol. The smallest absolute Gasteiger partial charge is 0.126 e. The monoisotopic (exact) mass is 182 g/mol. The summed E-state index contributed by atoms with van der Waals surface area (Å²) in [6.07, 6.45) is 8.63. The summed E-state index contributed by atoms with van der Waals surface area (Å²) in [6, 6.07) is 0. The maximum atomic E-state index is 10.9. The van der Waals surface area contributed by atoms with Gasteiger partial charge in [-0.2, -0.15) is 0 Å². The minimum atomic E-state index is 0.110. The average molecular weight is 182 g/mol. The van der Waals surface area contributed by atoms with Gasteiger partial charge in [-0.25, -0.2) is 0 Å². The Morgan fingerprint density at radius 2 is 1.85 bits per heavy atom. The number of methoxy groups -OCH3 is 1. The minimum Gasteiger partial charge on any atom is -0.381 e. The molecule has 0 aromatic heterocycles. The van der Waals surface area contributed by atoms with Crippen molar-refractivity contribution in [1.82, 2.24) is 0 Å². The van der Waals surface area contributed by atoms with Crippen molar-refractivity contribution in [1.29, 1.82) is 0 Å². The molecule has 0 aliphatic heterocycles. The Labute approximate surface area is 79.7 Å². The first-order chi connectivity index (χ1) is 6.30. The van der Waals surface area contributed by atoms with E-state index < -0.39 is 0 Å². The molecule has 2 rings (SSSR count). The van der Waals surface area contributed by atoms with Gasteiger partial charge in [0.1, 0.15) is 6.29 Å². The van der Waals surface area contributed by atoms with Gasteiger partial charge in [0.2, 0.25) is 0 Å². The molecule has 2 saturated carbocycles. The molecule has 2 heteroatoms. The molecule has 0 N–H and O–H groups in total. The molecule has 74 valence electrons. The van der Waals surface area contributed by atoms with Gasteiger partial charge in [0.15, 0.2) is 0 Å². The number of rotatable bonds is 3. The van der Waals surface area contributed by atoms with Crippen LogP contribution in [0.5, 0.6) is 0 Å². The van der Waals surface area contributed by atoms with Crippen molar-refractivity contribution in [2.45, 2.75) is 44.6 Å². The highest BCUT2D eigenvalue weighted by atomic mass is 16.5. The third-order valence-electron chi connectivity index (χ3n) is 3.88. The van der Waals surface area contributed by atoms with Crippen molar-refractivity contribution >= 4 is 6.29 Å². The molecule has 0 radical (unpaired) electrons. The van der Waals surface area contributed by atoms with Crippen LogP contribution in [0.15, 0.2) is 0 Å². The first kappa shape index (κ1) is 9.20. The van der Waals surface area contributed by atoms with Gasteiger partial charge in [0.25, 0.3) is 0 Å². The molecule has 2 nitrogen and oxygen atoms in total. The third kappa shape index (κ3) is 1.64. The highest BCUT2D eigenvalue weighted by Crippen LogP contribution is 2.54. The average Bonchev–Trinajstić information content (AvgIpc) is 2.99. The van der Waals surface area contributed by atoms with Crippen LogP contribution < -0.4 is 0 Å². The van der Waals surface area contributed by atoms with Gasteiger partial charge in [-0.05, 0) is 44.4 Å². The minimum absolute atomic E-state index is 0.110. The fourth-order valence-electron chi connectivity index (χ4n) is 2.64. The fraction of sp³-hybridized carbons (Fsp3) is 0.909. The Bertz CT molecular complexity index is 188. The standard InChI is InChI=1S/C11H18O2/c1-13-10-4-2-9(3-5-10)11(8-12)6-7-11/h8-10H,2-7H2,1H3. The summed E-state index contributed by atoms with van der Waals surface area (Å²) < 4.78 is 5.32. The number of hydrogen-bond donors (Lipinski definition) is 0. The first-order valence-corrected chi connectivity index (χ1v) is 5.30. The van der Waals surface area contributed by atoms with Gasteiger partial charge in [-0.1, -0.05) is 0 Å². The molecule has 2 fully saturated rings. The molecule has 0 saturated heterocycles. The van der Waals surface area contributed by atoms with Crippen LogP contribution in [-0.4, -0.2) is 19.5 Å². The Morgan fingerprint density at radius 3 is 2.23 bits per heavy atom. The number of carbonyl (C=O) groups is 1. The molecule has 2 aliphatic rings. The normalized spacial score (nSPS) is 37.0. The van der Waals surface area contributed by atoms with E-state index in [0.29, 0.717) is 12.0 Å². The van der Waals surface area contributed by atoms with Crippen LogP contribution in [0.4, 0.5) is 0 Å². The fourth-order valence-corrected chi connectivity index (χ4v) is 2.64. The van der Waals surface area contributed by atoms with E-state index in [1.807, 2.05) is 0 Å². The van der Waals surface area contributed by atoms with Gasteiger partial charge < -0.3 is 9.53 Å². The molecular weight excluding hydrogens is 164 g/mol. The maximum Gasteiger partial charge on any atom is 0.126 e. The topological polar surface area (TPSA) is 26.3 Å². The van der Waals surface area contributed by atoms with E-state index in [-0.39, 0.29) is 5.41 Å². The Morgan fingerprint density at radius 1 is 1.23 bits per heavy atom. The lowest BCUT2D eigenvalue weighted by molar-refractivity contribution is -0.114. The molecule has 2 aliphatic carbocycles. The van der Waals surface area contributed by atoms with Crippen molar-refractivity contribution in [3.8, 4) is 0 Å². The van der Waals surface area contributed by atoms with Gasteiger partial charge in [-0.3, -0.25) is 0 Å². The summed E-state index contributed by atoms with van der Waals surface area (Å²) in [4.78, 5) is 10.9. The lowest BCUT2D eigenvalue weighted by atomic mass is 9.77. The van der Waals surface area contributed by atoms with Crippen LogP contribution in [0.2, 0.25) is 0 Å². The molecule has 0 heterocycles.